The van der Waals surface area contributed by atoms with E-state index in [4.69, 9.17) is 4.74 Å². The number of hydrogen-bond donors (Lipinski definition) is 2. The minimum absolute atomic E-state index is 0.176. The number of nitrogens with one attached hydrogen (secondary N) is 2. The van der Waals surface area contributed by atoms with Crippen LogP contribution in [0.25, 0.3) is 0 Å². The molecule has 0 saturated heterocycles. The third-order valence-electron chi connectivity index (χ3n) is 3.60. The summed E-state index contributed by atoms with van der Waals surface area (Å²) >= 11 is 0. The van der Waals surface area contributed by atoms with Gasteiger partial charge in [-0.05, 0) is 38.8 Å². The quantitative estimate of drug-likeness (QED) is 0.843. The van der Waals surface area contributed by atoms with Crippen molar-refractivity contribution in [1.29, 1.82) is 0 Å². The first-order valence-corrected chi connectivity index (χ1v) is 8.34. The fourth-order valence-corrected chi connectivity index (χ4v) is 2.31. The number of ether oxygens (including phenoxy) is 1. The van der Waals surface area contributed by atoms with Gasteiger partial charge >= 0.3 is 6.03 Å². The van der Waals surface area contributed by atoms with Gasteiger partial charge in [-0.15, -0.1) is 10.2 Å². The van der Waals surface area contributed by atoms with Gasteiger partial charge in [-0.25, -0.2) is 4.79 Å². The molecule has 2 aromatic rings. The number of nitrogens with zero attached hydrogens (tertiary/aromatic N) is 3. The van der Waals surface area contributed by atoms with E-state index in [2.05, 4.69) is 20.8 Å². The molecule has 0 aliphatic heterocycles. The molecular weight excluding hydrogens is 318 g/mol. The molecule has 1 aromatic carbocycles. The second kappa shape index (κ2) is 8.11. The molecule has 0 aliphatic rings. The highest BCUT2D eigenvalue weighted by Gasteiger charge is 2.14. The van der Waals surface area contributed by atoms with Gasteiger partial charge in [-0.2, -0.15) is 0 Å². The Balaban J connectivity index is 1.84. The van der Waals surface area contributed by atoms with Crippen molar-refractivity contribution in [2.45, 2.75) is 52.5 Å². The second-order valence-corrected chi connectivity index (χ2v) is 7.07. The Morgan fingerprint density at radius 3 is 2.68 bits per heavy atom. The van der Waals surface area contributed by atoms with Crippen LogP contribution in [0.15, 0.2) is 30.6 Å². The normalized spacial score (nSPS) is 12.7. The van der Waals surface area contributed by atoms with E-state index < -0.39 is 0 Å². The lowest BCUT2D eigenvalue weighted by Crippen LogP contribution is -2.37. The van der Waals surface area contributed by atoms with Crippen LogP contribution < -0.4 is 10.6 Å². The molecule has 1 aromatic heterocycles. The highest BCUT2D eigenvalue weighted by molar-refractivity contribution is 5.74. The maximum atomic E-state index is 12.1. The number of carbonyl (C=O) groups excluding carboxylic acids is 1. The first-order chi connectivity index (χ1) is 11.7. The summed E-state index contributed by atoms with van der Waals surface area (Å²) in [6.07, 6.45) is 1.61. The molecule has 25 heavy (non-hydrogen) atoms. The lowest BCUT2D eigenvalue weighted by molar-refractivity contribution is -0.0149. The number of urea groups is 1. The molecule has 0 unspecified atom stereocenters. The van der Waals surface area contributed by atoms with E-state index in [1.165, 1.54) is 0 Å². The van der Waals surface area contributed by atoms with Gasteiger partial charge in [-0.3, -0.25) is 0 Å². The number of amides is 2. The Kier molecular flexibility index (Phi) is 6.14. The summed E-state index contributed by atoms with van der Waals surface area (Å²) in [5.41, 5.74) is 1.93. The molecule has 0 spiro atoms. The van der Waals surface area contributed by atoms with Gasteiger partial charge in [0, 0.05) is 13.6 Å². The lowest BCUT2D eigenvalue weighted by atomic mass is 10.1. The Morgan fingerprint density at radius 1 is 1.32 bits per heavy atom. The Bertz CT molecular complexity index is 705. The molecule has 0 radical (unpaired) electrons. The molecule has 1 atom stereocenters. The molecule has 2 N–H and O–H groups in total. The van der Waals surface area contributed by atoms with Crippen molar-refractivity contribution in [3.63, 3.8) is 0 Å². The molecule has 7 heteroatoms. The minimum atomic E-state index is -0.244. The van der Waals surface area contributed by atoms with Gasteiger partial charge in [0.15, 0.2) is 5.82 Å². The van der Waals surface area contributed by atoms with Gasteiger partial charge in [0.05, 0.1) is 18.2 Å². The maximum Gasteiger partial charge on any atom is 0.315 e. The molecule has 1 heterocycles. The average Bonchev–Trinajstić information content (AvgIpc) is 2.97. The molecule has 2 amide bonds. The van der Waals surface area contributed by atoms with Crippen LogP contribution in [0.1, 0.15) is 50.7 Å². The highest BCUT2D eigenvalue weighted by atomic mass is 16.5. The van der Waals surface area contributed by atoms with E-state index in [9.17, 15) is 4.79 Å². The summed E-state index contributed by atoms with van der Waals surface area (Å²) < 4.78 is 7.57. The zero-order valence-corrected chi connectivity index (χ0v) is 15.5. The van der Waals surface area contributed by atoms with Crippen molar-refractivity contribution in [1.82, 2.24) is 25.4 Å². The third-order valence-corrected chi connectivity index (χ3v) is 3.60. The zero-order chi connectivity index (χ0) is 18.4. The molecular formula is C18H27N5O2. The van der Waals surface area contributed by atoms with Crippen LogP contribution in [0, 0.1) is 0 Å². The lowest BCUT2D eigenvalue weighted by Gasteiger charge is -2.19. The van der Waals surface area contributed by atoms with Crippen molar-refractivity contribution >= 4 is 6.03 Å². The predicted octanol–water partition coefficient (Wildman–Crippen LogP) is 2.69. The Labute approximate surface area is 148 Å². The van der Waals surface area contributed by atoms with E-state index in [0.717, 1.165) is 11.1 Å². The number of hydrogen-bond acceptors (Lipinski definition) is 4. The first kappa shape index (κ1) is 18.9. The largest absolute Gasteiger partial charge is 0.371 e. The summed E-state index contributed by atoms with van der Waals surface area (Å²) in [5, 5.41) is 13.5. The van der Waals surface area contributed by atoms with E-state index in [0.29, 0.717) is 19.0 Å². The molecule has 0 aliphatic carbocycles. The summed E-state index contributed by atoms with van der Waals surface area (Å²) in [6, 6.07) is 7.54. The van der Waals surface area contributed by atoms with Crippen molar-refractivity contribution < 1.29 is 9.53 Å². The van der Waals surface area contributed by atoms with Gasteiger partial charge in [-0.1, -0.05) is 24.3 Å². The summed E-state index contributed by atoms with van der Waals surface area (Å²) in [4.78, 5) is 12.1. The molecule has 0 fully saturated rings. The smallest absolute Gasteiger partial charge is 0.315 e. The maximum absolute atomic E-state index is 12.1. The van der Waals surface area contributed by atoms with Crippen LogP contribution in [0.5, 0.6) is 0 Å². The van der Waals surface area contributed by atoms with Crippen molar-refractivity contribution in [2.24, 2.45) is 7.05 Å². The average molecular weight is 345 g/mol. The van der Waals surface area contributed by atoms with Crippen LogP contribution >= 0.6 is 0 Å². The van der Waals surface area contributed by atoms with Gasteiger partial charge < -0.3 is 19.9 Å². The standard InChI is InChI=1S/C18H27N5O2/c1-13(16-22-20-12-23(16)5)21-17(24)19-10-14-7-6-8-15(9-14)11-25-18(2,3)4/h6-9,12-13H,10-11H2,1-5H3,(H2,19,21,24)/t13-/m1/s1. The molecule has 136 valence electrons. The number of rotatable bonds is 6. The summed E-state index contributed by atoms with van der Waals surface area (Å²) in [7, 11) is 1.84. The SMILES string of the molecule is C[C@@H](NC(=O)NCc1cccc(COC(C)(C)C)c1)c1nncn1C. The molecule has 2 rings (SSSR count). The van der Waals surface area contributed by atoms with E-state index >= 15 is 0 Å². The number of carbonyl (C=O) groups is 1. The molecule has 0 saturated carbocycles. The summed E-state index contributed by atoms with van der Waals surface area (Å²) in [5.74, 6) is 0.705. The third kappa shape index (κ3) is 6.19. The topological polar surface area (TPSA) is 81.1 Å². The van der Waals surface area contributed by atoms with E-state index in [1.807, 2.05) is 59.0 Å². The Hall–Kier alpha value is -2.41. The van der Waals surface area contributed by atoms with Crippen LogP contribution in [0.2, 0.25) is 0 Å². The van der Waals surface area contributed by atoms with E-state index in [1.54, 1.807) is 10.9 Å². The van der Waals surface area contributed by atoms with Gasteiger partial charge in [0.1, 0.15) is 6.33 Å². The monoisotopic (exact) mass is 345 g/mol. The first-order valence-electron chi connectivity index (χ1n) is 8.34. The van der Waals surface area contributed by atoms with Crippen molar-refractivity contribution in [3.05, 3.63) is 47.5 Å². The van der Waals surface area contributed by atoms with Gasteiger partial charge in [0.25, 0.3) is 0 Å². The number of aryl methyl sites for hydroxylation is 1. The fourth-order valence-electron chi connectivity index (χ4n) is 2.31. The Morgan fingerprint density at radius 2 is 2.04 bits per heavy atom. The van der Waals surface area contributed by atoms with Crippen molar-refractivity contribution in [2.75, 3.05) is 0 Å². The van der Waals surface area contributed by atoms with Crippen molar-refractivity contribution in [3.8, 4) is 0 Å². The van der Waals surface area contributed by atoms with Crippen LogP contribution in [-0.2, 0) is 24.9 Å². The van der Waals surface area contributed by atoms with Crippen LogP contribution in [0.3, 0.4) is 0 Å². The number of benzene rings is 1. The highest BCUT2D eigenvalue weighted by Crippen LogP contribution is 2.13. The summed E-state index contributed by atoms with van der Waals surface area (Å²) in [6.45, 7) is 8.95. The second-order valence-electron chi connectivity index (χ2n) is 7.07. The van der Waals surface area contributed by atoms with Crippen LogP contribution in [0.4, 0.5) is 4.79 Å². The minimum Gasteiger partial charge on any atom is -0.371 e. The van der Waals surface area contributed by atoms with Gasteiger partial charge in [0.2, 0.25) is 0 Å². The zero-order valence-electron chi connectivity index (χ0n) is 15.5. The number of aromatic nitrogens is 3. The molecule has 0 bridgehead atoms. The molecule has 7 nitrogen and oxygen atoms in total. The van der Waals surface area contributed by atoms with Crippen LogP contribution in [-0.4, -0.2) is 26.4 Å². The van der Waals surface area contributed by atoms with E-state index in [-0.39, 0.29) is 17.7 Å². The predicted molar refractivity (Wildman–Crippen MR) is 95.8 cm³/mol. The fraction of sp³-hybridized carbons (Fsp3) is 0.500.